The van der Waals surface area contributed by atoms with Crippen molar-refractivity contribution in [3.05, 3.63) is 18.3 Å². The molecule has 2 rings (SSSR count). The maximum atomic E-state index is 11.9. The van der Waals surface area contributed by atoms with E-state index in [1.807, 2.05) is 0 Å². The zero-order valence-electron chi connectivity index (χ0n) is 10.5. The highest BCUT2D eigenvalue weighted by Gasteiger charge is 2.33. The number of halogens is 3. The van der Waals surface area contributed by atoms with Gasteiger partial charge in [0.05, 0.1) is 25.1 Å². The summed E-state index contributed by atoms with van der Waals surface area (Å²) in [6.07, 6.45) is -2.90. The molecule has 19 heavy (non-hydrogen) atoms. The number of hydrogen-bond acceptors (Lipinski definition) is 4. The van der Waals surface area contributed by atoms with Gasteiger partial charge in [-0.25, -0.2) is 4.98 Å². The summed E-state index contributed by atoms with van der Waals surface area (Å²) in [4.78, 5) is 3.81. The summed E-state index contributed by atoms with van der Waals surface area (Å²) in [6, 6.07) is 3.05. The maximum Gasteiger partial charge on any atom is 0.422 e. The lowest BCUT2D eigenvalue weighted by molar-refractivity contribution is -0.154. The maximum absolute atomic E-state index is 11.9. The lowest BCUT2D eigenvalue weighted by Crippen LogP contribution is -2.45. The molecule has 106 valence electrons. The number of nitrogens with one attached hydrogen (secondary N) is 1. The third-order valence-electron chi connectivity index (χ3n) is 2.74. The van der Waals surface area contributed by atoms with E-state index in [-0.39, 0.29) is 11.3 Å². The Balaban J connectivity index is 1.81. The average Bonchev–Trinajstić information content (AvgIpc) is 2.32. The largest absolute Gasteiger partial charge is 0.468 e. The number of anilines is 1. The van der Waals surface area contributed by atoms with Crippen molar-refractivity contribution in [2.75, 3.05) is 31.7 Å². The number of hydrogen-bond donors (Lipinski definition) is 1. The van der Waals surface area contributed by atoms with E-state index in [1.165, 1.54) is 12.3 Å². The van der Waals surface area contributed by atoms with E-state index in [4.69, 9.17) is 4.74 Å². The molecule has 0 amide bonds. The first-order chi connectivity index (χ1) is 8.86. The average molecular weight is 276 g/mol. The van der Waals surface area contributed by atoms with Crippen LogP contribution in [0.3, 0.4) is 0 Å². The molecule has 0 atom stereocenters. The minimum Gasteiger partial charge on any atom is -0.468 e. The van der Waals surface area contributed by atoms with Gasteiger partial charge in [0, 0.05) is 18.0 Å². The van der Waals surface area contributed by atoms with Gasteiger partial charge in [-0.3, -0.25) is 0 Å². The molecule has 0 unspecified atom stereocenters. The third kappa shape index (κ3) is 4.27. The molecule has 0 saturated carbocycles. The fraction of sp³-hybridized carbons (Fsp3) is 0.583. The van der Waals surface area contributed by atoms with Gasteiger partial charge in [-0.15, -0.1) is 0 Å². The van der Waals surface area contributed by atoms with E-state index in [1.54, 1.807) is 6.07 Å². The van der Waals surface area contributed by atoms with Crippen molar-refractivity contribution in [2.45, 2.75) is 13.1 Å². The van der Waals surface area contributed by atoms with Gasteiger partial charge in [0.2, 0.25) is 5.88 Å². The van der Waals surface area contributed by atoms with E-state index < -0.39 is 12.8 Å². The van der Waals surface area contributed by atoms with Gasteiger partial charge in [-0.1, -0.05) is 6.92 Å². The van der Waals surface area contributed by atoms with Gasteiger partial charge in [-0.05, 0) is 6.07 Å². The van der Waals surface area contributed by atoms with Crippen molar-refractivity contribution < 1.29 is 22.6 Å². The van der Waals surface area contributed by atoms with Crippen LogP contribution in [-0.2, 0) is 4.74 Å². The van der Waals surface area contributed by atoms with Crippen LogP contribution in [0.25, 0.3) is 0 Å². The molecule has 1 aliphatic rings. The van der Waals surface area contributed by atoms with E-state index >= 15 is 0 Å². The highest BCUT2D eigenvalue weighted by molar-refractivity contribution is 5.42. The molecular weight excluding hydrogens is 261 g/mol. The van der Waals surface area contributed by atoms with Crippen LogP contribution in [0.2, 0.25) is 0 Å². The summed E-state index contributed by atoms with van der Waals surface area (Å²) >= 11 is 0. The number of ether oxygens (including phenoxy) is 2. The van der Waals surface area contributed by atoms with E-state index in [0.717, 1.165) is 12.2 Å². The predicted octanol–water partition coefficient (Wildman–Crippen LogP) is 2.47. The number of rotatable bonds is 5. The molecule has 1 aromatic rings. The Hall–Kier alpha value is -1.50. The molecule has 0 spiro atoms. The van der Waals surface area contributed by atoms with Gasteiger partial charge in [0.15, 0.2) is 6.61 Å². The van der Waals surface area contributed by atoms with E-state index in [2.05, 4.69) is 22.0 Å². The van der Waals surface area contributed by atoms with Gasteiger partial charge < -0.3 is 14.8 Å². The Labute approximate surface area is 108 Å². The second kappa shape index (κ2) is 5.24. The van der Waals surface area contributed by atoms with Crippen molar-refractivity contribution in [3.8, 4) is 5.88 Å². The molecule has 2 heterocycles. The molecule has 1 aliphatic heterocycles. The summed E-state index contributed by atoms with van der Waals surface area (Å²) in [5, 5.41) is 3.17. The smallest absolute Gasteiger partial charge is 0.422 e. The Morgan fingerprint density at radius 1 is 1.42 bits per heavy atom. The summed E-state index contributed by atoms with van der Waals surface area (Å²) < 4.78 is 45.5. The molecule has 0 radical (unpaired) electrons. The zero-order valence-corrected chi connectivity index (χ0v) is 10.5. The predicted molar refractivity (Wildman–Crippen MR) is 63.2 cm³/mol. The summed E-state index contributed by atoms with van der Waals surface area (Å²) in [5.41, 5.74) is 0.860. The molecule has 7 heteroatoms. The van der Waals surface area contributed by atoms with Crippen LogP contribution in [0.1, 0.15) is 6.92 Å². The highest BCUT2D eigenvalue weighted by atomic mass is 19.4. The van der Waals surface area contributed by atoms with Crippen LogP contribution in [0.5, 0.6) is 5.88 Å². The van der Waals surface area contributed by atoms with Gasteiger partial charge in [0.25, 0.3) is 0 Å². The van der Waals surface area contributed by atoms with E-state index in [0.29, 0.717) is 13.2 Å². The molecule has 0 aliphatic carbocycles. The summed E-state index contributed by atoms with van der Waals surface area (Å²) in [7, 11) is 0. The Morgan fingerprint density at radius 3 is 2.63 bits per heavy atom. The normalized spacial score (nSPS) is 17.7. The van der Waals surface area contributed by atoms with Crippen LogP contribution < -0.4 is 10.1 Å². The van der Waals surface area contributed by atoms with Crippen molar-refractivity contribution in [2.24, 2.45) is 5.41 Å². The first-order valence-electron chi connectivity index (χ1n) is 5.84. The number of pyridine rings is 1. The minimum absolute atomic E-state index is 0.0407. The van der Waals surface area contributed by atoms with E-state index in [9.17, 15) is 13.2 Å². The monoisotopic (exact) mass is 276 g/mol. The Morgan fingerprint density at radius 2 is 2.16 bits per heavy atom. The van der Waals surface area contributed by atoms with Crippen molar-refractivity contribution >= 4 is 5.69 Å². The summed E-state index contributed by atoms with van der Waals surface area (Å²) in [6.45, 7) is 2.91. The first kappa shape index (κ1) is 13.9. The van der Waals surface area contributed by atoms with Crippen molar-refractivity contribution in [1.82, 2.24) is 4.98 Å². The zero-order chi connectivity index (χ0) is 13.9. The SMILES string of the molecule is CC1(CNc2ccc(OCC(F)(F)F)nc2)COC1. The van der Waals surface area contributed by atoms with Gasteiger partial charge in [0.1, 0.15) is 0 Å². The standard InChI is InChI=1S/C12H15F3N2O2/c1-11(6-18-7-11)5-17-9-2-3-10(16-4-9)19-8-12(13,14)15/h2-4,17H,5-8H2,1H3. The Kier molecular flexibility index (Phi) is 3.84. The topological polar surface area (TPSA) is 43.4 Å². The lowest BCUT2D eigenvalue weighted by atomic mass is 9.89. The molecule has 4 nitrogen and oxygen atoms in total. The molecule has 0 bridgehead atoms. The van der Waals surface area contributed by atoms with Crippen LogP contribution in [0.15, 0.2) is 18.3 Å². The van der Waals surface area contributed by atoms with Crippen molar-refractivity contribution in [1.29, 1.82) is 0 Å². The second-order valence-electron chi connectivity index (χ2n) is 4.95. The number of nitrogens with zero attached hydrogens (tertiary/aromatic N) is 1. The lowest BCUT2D eigenvalue weighted by Gasteiger charge is -2.38. The fourth-order valence-electron chi connectivity index (χ4n) is 1.59. The molecular formula is C12H15F3N2O2. The van der Waals surface area contributed by atoms with Gasteiger partial charge in [-0.2, -0.15) is 13.2 Å². The minimum atomic E-state index is -4.35. The molecule has 1 saturated heterocycles. The Bertz CT molecular complexity index is 416. The summed E-state index contributed by atoms with van der Waals surface area (Å²) in [5.74, 6) is -0.0407. The van der Waals surface area contributed by atoms with Crippen molar-refractivity contribution in [3.63, 3.8) is 0 Å². The fourth-order valence-corrected chi connectivity index (χ4v) is 1.59. The van der Waals surface area contributed by atoms with Crippen LogP contribution in [0, 0.1) is 5.41 Å². The molecule has 0 aromatic carbocycles. The number of alkyl halides is 3. The first-order valence-corrected chi connectivity index (χ1v) is 5.84. The van der Waals surface area contributed by atoms with Crippen LogP contribution >= 0.6 is 0 Å². The highest BCUT2D eigenvalue weighted by Crippen LogP contribution is 2.27. The van der Waals surface area contributed by atoms with Gasteiger partial charge >= 0.3 is 6.18 Å². The second-order valence-corrected chi connectivity index (χ2v) is 4.95. The number of aromatic nitrogens is 1. The van der Waals surface area contributed by atoms with Crippen LogP contribution in [0.4, 0.5) is 18.9 Å². The third-order valence-corrected chi connectivity index (χ3v) is 2.74. The molecule has 1 N–H and O–H groups in total. The van der Waals surface area contributed by atoms with Crippen LogP contribution in [-0.4, -0.2) is 37.5 Å². The quantitative estimate of drug-likeness (QED) is 0.897. The molecule has 1 fully saturated rings. The molecule has 1 aromatic heterocycles.